The molecule has 0 saturated heterocycles. The highest BCUT2D eigenvalue weighted by molar-refractivity contribution is 5.77. The molecule has 102 valence electrons. The highest BCUT2D eigenvalue weighted by Crippen LogP contribution is 2.32. The second kappa shape index (κ2) is 5.57. The average Bonchev–Trinajstić information content (AvgIpc) is 2.38. The molecule has 0 saturated carbocycles. The Hall–Kier alpha value is -2.28. The van der Waals surface area contributed by atoms with Crippen molar-refractivity contribution in [2.45, 2.75) is 6.04 Å². The molecule has 1 aromatic rings. The van der Waals surface area contributed by atoms with Gasteiger partial charge in [-0.15, -0.1) is 0 Å². The van der Waals surface area contributed by atoms with Crippen LogP contribution in [0, 0.1) is 0 Å². The Labute approximate surface area is 108 Å². The minimum Gasteiger partial charge on any atom is -0.486 e. The van der Waals surface area contributed by atoms with Crippen LogP contribution in [0.25, 0.3) is 0 Å². The molecule has 19 heavy (non-hydrogen) atoms. The molecular formula is C12H13NO6. The van der Waals surface area contributed by atoms with Gasteiger partial charge in [-0.05, 0) is 17.7 Å². The van der Waals surface area contributed by atoms with Crippen LogP contribution < -0.4 is 14.8 Å². The lowest BCUT2D eigenvalue weighted by Crippen LogP contribution is -2.32. The molecule has 0 radical (unpaired) electrons. The van der Waals surface area contributed by atoms with Crippen molar-refractivity contribution in [1.29, 1.82) is 0 Å². The van der Waals surface area contributed by atoms with Crippen LogP contribution in [0.5, 0.6) is 11.5 Å². The fraction of sp³-hybridized carbons (Fsp3) is 0.333. The van der Waals surface area contributed by atoms with Crippen LogP contribution in [0.2, 0.25) is 0 Å². The van der Waals surface area contributed by atoms with E-state index in [0.29, 0.717) is 30.3 Å². The molecule has 2 rings (SSSR count). The zero-order chi connectivity index (χ0) is 13.8. The van der Waals surface area contributed by atoms with Gasteiger partial charge in [-0.2, -0.15) is 0 Å². The van der Waals surface area contributed by atoms with Gasteiger partial charge in [0.15, 0.2) is 11.5 Å². The normalized spacial score (nSPS) is 14.7. The number of rotatable bonds is 5. The van der Waals surface area contributed by atoms with Crippen molar-refractivity contribution in [2.24, 2.45) is 0 Å². The van der Waals surface area contributed by atoms with Gasteiger partial charge < -0.3 is 19.7 Å². The first kappa shape index (κ1) is 13.2. The first-order chi connectivity index (χ1) is 9.08. The van der Waals surface area contributed by atoms with E-state index < -0.39 is 24.5 Å². The number of aliphatic carboxylic acids is 2. The molecule has 0 bridgehead atoms. The third kappa shape index (κ3) is 3.14. The Morgan fingerprint density at radius 2 is 1.89 bits per heavy atom. The molecule has 0 aromatic heterocycles. The number of benzene rings is 1. The quantitative estimate of drug-likeness (QED) is 0.702. The fourth-order valence-corrected chi connectivity index (χ4v) is 1.78. The van der Waals surface area contributed by atoms with E-state index in [-0.39, 0.29) is 0 Å². The molecule has 1 aliphatic rings. The van der Waals surface area contributed by atoms with Gasteiger partial charge in [-0.25, -0.2) is 0 Å². The average molecular weight is 267 g/mol. The lowest BCUT2D eigenvalue weighted by molar-refractivity contribution is -0.140. The maximum absolute atomic E-state index is 11.2. The SMILES string of the molecule is O=C(O)CNC(C(=O)O)c1ccc2c(c1)OCCO2. The zero-order valence-corrected chi connectivity index (χ0v) is 9.96. The first-order valence-electron chi connectivity index (χ1n) is 5.65. The van der Waals surface area contributed by atoms with Crippen LogP contribution in [0.15, 0.2) is 18.2 Å². The van der Waals surface area contributed by atoms with E-state index in [1.807, 2.05) is 0 Å². The highest BCUT2D eigenvalue weighted by Gasteiger charge is 2.22. The molecule has 0 spiro atoms. The van der Waals surface area contributed by atoms with Crippen molar-refractivity contribution in [2.75, 3.05) is 19.8 Å². The highest BCUT2D eigenvalue weighted by atomic mass is 16.6. The second-order valence-electron chi connectivity index (χ2n) is 3.95. The van der Waals surface area contributed by atoms with Gasteiger partial charge in [-0.3, -0.25) is 14.9 Å². The van der Waals surface area contributed by atoms with Crippen LogP contribution >= 0.6 is 0 Å². The molecule has 0 fully saturated rings. The Kier molecular flexibility index (Phi) is 3.86. The molecule has 1 unspecified atom stereocenters. The topological polar surface area (TPSA) is 105 Å². The van der Waals surface area contributed by atoms with E-state index in [9.17, 15) is 9.59 Å². The summed E-state index contributed by atoms with van der Waals surface area (Å²) in [5.74, 6) is -1.26. The Bertz CT molecular complexity index is 501. The van der Waals surface area contributed by atoms with Gasteiger partial charge in [0.2, 0.25) is 0 Å². The van der Waals surface area contributed by atoms with Crippen molar-refractivity contribution in [1.82, 2.24) is 5.32 Å². The summed E-state index contributed by atoms with van der Waals surface area (Å²) in [5.41, 5.74) is 0.415. The number of fused-ring (bicyclic) bond motifs is 1. The van der Waals surface area contributed by atoms with Crippen LogP contribution in [-0.4, -0.2) is 41.9 Å². The maximum atomic E-state index is 11.2. The number of hydrogen-bond donors (Lipinski definition) is 3. The summed E-state index contributed by atoms with van der Waals surface area (Å²) >= 11 is 0. The number of carbonyl (C=O) groups is 2. The fourth-order valence-electron chi connectivity index (χ4n) is 1.78. The van der Waals surface area contributed by atoms with Crippen LogP contribution in [0.3, 0.4) is 0 Å². The first-order valence-corrected chi connectivity index (χ1v) is 5.65. The molecule has 1 atom stereocenters. The van der Waals surface area contributed by atoms with E-state index in [1.165, 1.54) is 0 Å². The molecule has 7 heteroatoms. The van der Waals surface area contributed by atoms with Crippen molar-refractivity contribution < 1.29 is 29.3 Å². The van der Waals surface area contributed by atoms with Crippen LogP contribution in [-0.2, 0) is 9.59 Å². The minimum atomic E-state index is -1.15. The zero-order valence-electron chi connectivity index (χ0n) is 9.96. The number of hydrogen-bond acceptors (Lipinski definition) is 5. The number of nitrogens with one attached hydrogen (secondary N) is 1. The van der Waals surface area contributed by atoms with E-state index in [4.69, 9.17) is 19.7 Å². The van der Waals surface area contributed by atoms with Crippen molar-refractivity contribution in [3.63, 3.8) is 0 Å². The summed E-state index contributed by atoms with van der Waals surface area (Å²) in [6.45, 7) is 0.411. The molecule has 3 N–H and O–H groups in total. The third-order valence-electron chi connectivity index (χ3n) is 2.60. The summed E-state index contributed by atoms with van der Waals surface area (Å²) < 4.78 is 10.7. The molecule has 7 nitrogen and oxygen atoms in total. The largest absolute Gasteiger partial charge is 0.486 e. The Morgan fingerprint density at radius 1 is 1.21 bits per heavy atom. The predicted octanol–water partition coefficient (Wildman–Crippen LogP) is 0.258. The van der Waals surface area contributed by atoms with Crippen molar-refractivity contribution >= 4 is 11.9 Å². The summed E-state index contributed by atoms with van der Waals surface area (Å²) in [5, 5.41) is 20.1. The molecule has 1 aliphatic heterocycles. The van der Waals surface area contributed by atoms with E-state index in [1.54, 1.807) is 18.2 Å². The molecule has 0 aliphatic carbocycles. The summed E-state index contributed by atoms with van der Waals surface area (Å²) in [7, 11) is 0. The Balaban J connectivity index is 2.21. The molecule has 1 aromatic carbocycles. The monoisotopic (exact) mass is 267 g/mol. The second-order valence-corrected chi connectivity index (χ2v) is 3.95. The van der Waals surface area contributed by atoms with Gasteiger partial charge in [-0.1, -0.05) is 6.07 Å². The molecule has 1 heterocycles. The Morgan fingerprint density at radius 3 is 2.53 bits per heavy atom. The van der Waals surface area contributed by atoms with E-state index >= 15 is 0 Å². The van der Waals surface area contributed by atoms with Crippen molar-refractivity contribution in [3.05, 3.63) is 23.8 Å². The van der Waals surface area contributed by atoms with E-state index in [0.717, 1.165) is 0 Å². The minimum absolute atomic E-state index is 0.400. The summed E-state index contributed by atoms with van der Waals surface area (Å²) in [6.07, 6.45) is 0. The smallest absolute Gasteiger partial charge is 0.325 e. The van der Waals surface area contributed by atoms with Crippen LogP contribution in [0.1, 0.15) is 11.6 Å². The third-order valence-corrected chi connectivity index (χ3v) is 2.60. The van der Waals surface area contributed by atoms with E-state index in [2.05, 4.69) is 5.32 Å². The van der Waals surface area contributed by atoms with Gasteiger partial charge >= 0.3 is 11.9 Å². The van der Waals surface area contributed by atoms with Gasteiger partial charge in [0.25, 0.3) is 0 Å². The number of carboxylic acids is 2. The predicted molar refractivity (Wildman–Crippen MR) is 63.4 cm³/mol. The summed E-state index contributed by atoms with van der Waals surface area (Å²) in [4.78, 5) is 21.6. The van der Waals surface area contributed by atoms with Crippen LogP contribution in [0.4, 0.5) is 0 Å². The van der Waals surface area contributed by atoms with Gasteiger partial charge in [0.1, 0.15) is 19.3 Å². The molecule has 0 amide bonds. The lowest BCUT2D eigenvalue weighted by Gasteiger charge is -2.20. The van der Waals surface area contributed by atoms with Crippen molar-refractivity contribution in [3.8, 4) is 11.5 Å². The number of carboxylic acid groups (broad SMARTS) is 2. The maximum Gasteiger partial charge on any atom is 0.325 e. The summed E-state index contributed by atoms with van der Waals surface area (Å²) in [6, 6.07) is 3.62. The lowest BCUT2D eigenvalue weighted by atomic mass is 10.1. The number of ether oxygens (including phenoxy) is 2. The van der Waals surface area contributed by atoms with Gasteiger partial charge in [0.05, 0.1) is 6.54 Å². The van der Waals surface area contributed by atoms with Gasteiger partial charge in [0, 0.05) is 0 Å². The standard InChI is InChI=1S/C12H13NO6/c14-10(15)6-13-11(12(16)17)7-1-2-8-9(5-7)19-4-3-18-8/h1-2,5,11,13H,3-4,6H2,(H,14,15)(H,16,17). The molecular weight excluding hydrogens is 254 g/mol.